The summed E-state index contributed by atoms with van der Waals surface area (Å²) in [6.07, 6.45) is 11.6. The van der Waals surface area contributed by atoms with Crippen LogP contribution >= 0.6 is 0 Å². The number of rotatable bonds is 11. The summed E-state index contributed by atoms with van der Waals surface area (Å²) in [5, 5.41) is 28.8. The number of carboxylic acids is 1. The Morgan fingerprint density at radius 3 is 2.75 bits per heavy atom. The van der Waals surface area contributed by atoms with Crippen molar-refractivity contribution >= 4 is 19.4 Å². The van der Waals surface area contributed by atoms with E-state index in [9.17, 15) is 15.0 Å². The van der Waals surface area contributed by atoms with E-state index in [0.717, 1.165) is 25.7 Å². The summed E-state index contributed by atoms with van der Waals surface area (Å²) in [7, 11) is 5.73. The first-order chi connectivity index (χ1) is 11.5. The summed E-state index contributed by atoms with van der Waals surface area (Å²) in [5.41, 5.74) is 0. The van der Waals surface area contributed by atoms with Gasteiger partial charge in [-0.1, -0.05) is 0 Å². The van der Waals surface area contributed by atoms with Crippen LogP contribution in [0.3, 0.4) is 0 Å². The first kappa shape index (κ1) is 20.8. The molecule has 133 valence electrons. The first-order valence-electron chi connectivity index (χ1n) is 8.95. The predicted molar refractivity (Wildman–Crippen MR) is 98.2 cm³/mol. The van der Waals surface area contributed by atoms with Crippen LogP contribution in [-0.2, 0) is 4.79 Å². The number of aliphatic hydroxyl groups excluding tert-OH is 2. The molecule has 2 unspecified atom stereocenters. The molecule has 0 bridgehead atoms. The summed E-state index contributed by atoms with van der Waals surface area (Å²) in [6.45, 7) is 2.03. The van der Waals surface area contributed by atoms with Gasteiger partial charge in [0.1, 0.15) is 0 Å². The van der Waals surface area contributed by atoms with Crippen LogP contribution in [0.2, 0.25) is 0 Å². The zero-order valence-corrected chi connectivity index (χ0v) is 14.6. The van der Waals surface area contributed by atoms with Crippen molar-refractivity contribution < 1.29 is 20.1 Å². The van der Waals surface area contributed by atoms with Crippen molar-refractivity contribution in [2.24, 2.45) is 17.8 Å². The van der Waals surface area contributed by atoms with Crippen LogP contribution in [0.1, 0.15) is 51.9 Å². The molecule has 1 aliphatic carbocycles. The Hall–Kier alpha value is -1.20. The Morgan fingerprint density at radius 2 is 2.12 bits per heavy atom. The topological polar surface area (TPSA) is 77.8 Å². The van der Waals surface area contributed by atoms with E-state index in [1.54, 1.807) is 5.97 Å². The van der Waals surface area contributed by atoms with E-state index in [4.69, 9.17) is 12.6 Å². The van der Waals surface area contributed by atoms with Crippen molar-refractivity contribution in [1.82, 2.24) is 0 Å². The molecule has 0 aromatic heterocycles. The molecule has 1 rings (SSSR count). The van der Waals surface area contributed by atoms with Gasteiger partial charge in [0.2, 0.25) is 0 Å². The van der Waals surface area contributed by atoms with Gasteiger partial charge in [0.15, 0.2) is 0 Å². The van der Waals surface area contributed by atoms with Crippen molar-refractivity contribution in [3.05, 3.63) is 24.3 Å². The minimum atomic E-state index is -0.772. The van der Waals surface area contributed by atoms with Crippen LogP contribution in [0.4, 0.5) is 0 Å². The summed E-state index contributed by atoms with van der Waals surface area (Å²) in [6, 6.07) is 0. The van der Waals surface area contributed by atoms with Crippen molar-refractivity contribution in [2.45, 2.75) is 64.1 Å². The van der Waals surface area contributed by atoms with Crippen LogP contribution in [0.25, 0.3) is 0 Å². The van der Waals surface area contributed by atoms with E-state index in [-0.39, 0.29) is 24.2 Å². The van der Waals surface area contributed by atoms with Crippen LogP contribution in [0.15, 0.2) is 24.3 Å². The van der Waals surface area contributed by atoms with Gasteiger partial charge in [-0.05, 0) is 0 Å². The van der Waals surface area contributed by atoms with E-state index in [1.807, 2.05) is 31.2 Å². The van der Waals surface area contributed by atoms with Crippen LogP contribution in [-0.4, -0.2) is 47.0 Å². The second-order valence-electron chi connectivity index (χ2n) is 6.63. The van der Waals surface area contributed by atoms with Crippen LogP contribution < -0.4 is 0 Å². The van der Waals surface area contributed by atoms with Gasteiger partial charge in [0.25, 0.3) is 0 Å². The number of carboxylic acid groups (broad SMARTS) is 1. The number of hydrogen-bond acceptors (Lipinski definition) is 3. The fourth-order valence-electron chi connectivity index (χ4n) is 3.38. The number of unbranched alkanes of at least 4 members (excludes halogenated alkanes) is 1. The molecule has 0 saturated heterocycles. The van der Waals surface area contributed by atoms with Crippen molar-refractivity contribution in [3.63, 3.8) is 0 Å². The molecular weight excluding hydrogens is 303 g/mol. The first-order valence-corrected chi connectivity index (χ1v) is 8.95. The molecule has 5 heteroatoms. The SMILES string of the molecule is [B]=C[C@@H]1CC(O)[C@H](C/C=C\CCCC(=O)O)[C@H]1/C=C/C(O)CCC. The molecule has 24 heavy (non-hydrogen) atoms. The number of aliphatic hydroxyl groups is 2. The molecule has 0 heterocycles. The molecule has 0 amide bonds. The normalized spacial score (nSPS) is 28.6. The Bertz CT molecular complexity index is 447. The molecule has 4 nitrogen and oxygen atoms in total. The average molecular weight is 333 g/mol. The minimum absolute atomic E-state index is 0.0793. The van der Waals surface area contributed by atoms with E-state index >= 15 is 0 Å². The maximum absolute atomic E-state index is 10.5. The monoisotopic (exact) mass is 333 g/mol. The third-order valence-electron chi connectivity index (χ3n) is 4.72. The molecule has 1 saturated carbocycles. The number of carbonyl (C=O) groups is 1. The molecule has 1 aliphatic rings. The van der Waals surface area contributed by atoms with E-state index in [1.165, 1.54) is 0 Å². The van der Waals surface area contributed by atoms with Crippen LogP contribution in [0.5, 0.6) is 0 Å². The molecule has 5 atom stereocenters. The predicted octanol–water partition coefficient (Wildman–Crippen LogP) is 2.49. The number of aliphatic carboxylic acids is 1. The molecule has 0 aromatic carbocycles. The van der Waals surface area contributed by atoms with Crippen molar-refractivity contribution in [2.75, 3.05) is 0 Å². The molecule has 1 fully saturated rings. The standard InChI is InChI=1S/C19H30BO4/c1-2-7-15(21)10-11-16-14(13-20)12-18(22)17(16)8-5-3-4-6-9-19(23)24/h3,5,10-11,13-18,21-22H,2,4,6-9,12H2,1H3,(H,23,24)/b5-3-,11-10+/t14-,15?,16-,17+,18?/m0/s1. The molecule has 0 aliphatic heterocycles. The van der Waals surface area contributed by atoms with Gasteiger partial charge in [-0.15, -0.1) is 0 Å². The van der Waals surface area contributed by atoms with Crippen molar-refractivity contribution in [1.29, 1.82) is 0 Å². The summed E-state index contributed by atoms with van der Waals surface area (Å²) in [4.78, 5) is 10.5. The molecule has 0 spiro atoms. The third-order valence-corrected chi connectivity index (χ3v) is 4.72. The summed E-state index contributed by atoms with van der Waals surface area (Å²) >= 11 is 0. The van der Waals surface area contributed by atoms with Gasteiger partial charge in [0.05, 0.1) is 0 Å². The molecule has 1 radical (unpaired) electrons. The van der Waals surface area contributed by atoms with Gasteiger partial charge in [0, 0.05) is 0 Å². The summed E-state index contributed by atoms with van der Waals surface area (Å²) in [5.74, 6) is 1.21. The third kappa shape index (κ3) is 7.14. The average Bonchev–Trinajstić information content (AvgIpc) is 2.84. The molecule has 0 aromatic rings. The van der Waals surface area contributed by atoms with Gasteiger partial charge in [-0.3, -0.25) is 0 Å². The maximum atomic E-state index is 10.5. The van der Waals surface area contributed by atoms with Gasteiger partial charge in [-0.25, -0.2) is 0 Å². The van der Waals surface area contributed by atoms with Gasteiger partial charge in [-0.2, -0.15) is 0 Å². The fraction of sp³-hybridized carbons (Fsp3) is 0.684. The molecule has 3 N–H and O–H groups in total. The van der Waals surface area contributed by atoms with Gasteiger partial charge >= 0.3 is 146 Å². The number of hydrogen-bond donors (Lipinski definition) is 3. The van der Waals surface area contributed by atoms with E-state index < -0.39 is 18.2 Å². The second kappa shape index (κ2) is 11.4. The van der Waals surface area contributed by atoms with Crippen molar-refractivity contribution in [3.8, 4) is 0 Å². The van der Waals surface area contributed by atoms with E-state index in [2.05, 4.69) is 0 Å². The summed E-state index contributed by atoms with van der Waals surface area (Å²) < 4.78 is 0. The Kier molecular flexibility index (Phi) is 9.88. The Labute approximate surface area is 146 Å². The zero-order chi connectivity index (χ0) is 17.9. The fourth-order valence-corrected chi connectivity index (χ4v) is 3.38. The van der Waals surface area contributed by atoms with E-state index in [0.29, 0.717) is 12.8 Å². The van der Waals surface area contributed by atoms with Crippen LogP contribution in [0, 0.1) is 17.8 Å². The molecular formula is C19H30BO4. The Morgan fingerprint density at radius 1 is 1.38 bits per heavy atom. The number of allylic oxidation sites excluding steroid dienone is 3. The quantitative estimate of drug-likeness (QED) is 0.308. The second-order valence-corrected chi connectivity index (χ2v) is 6.63. The zero-order valence-electron chi connectivity index (χ0n) is 14.6. The Balaban J connectivity index is 2.58. The van der Waals surface area contributed by atoms with Gasteiger partial charge < -0.3 is 0 Å².